The number of nitriles is 3. The van der Waals surface area contributed by atoms with E-state index in [9.17, 15) is 99.2 Å². The lowest BCUT2D eigenvalue weighted by Crippen LogP contribution is -2.22. The zero-order valence-corrected chi connectivity index (χ0v) is 28.7. The van der Waals surface area contributed by atoms with E-state index in [-0.39, 0.29) is 12.1 Å². The van der Waals surface area contributed by atoms with Gasteiger partial charge in [0.25, 0.3) is 5.92 Å². The van der Waals surface area contributed by atoms with Crippen LogP contribution in [0.4, 0.5) is 114 Å². The third-order valence-electron chi connectivity index (χ3n) is 8.34. The van der Waals surface area contributed by atoms with E-state index in [0.717, 1.165) is 0 Å². The van der Waals surface area contributed by atoms with Crippen LogP contribution < -0.4 is 0 Å². The second kappa shape index (κ2) is 15.1. The van der Waals surface area contributed by atoms with Crippen LogP contribution in [0.25, 0.3) is 16.7 Å². The molecule has 29 heteroatoms. The van der Waals surface area contributed by atoms with Crippen LogP contribution >= 0.6 is 0 Å². The van der Waals surface area contributed by atoms with Gasteiger partial charge in [-0.25, -0.2) is 48.3 Å². The highest BCUT2D eigenvalue weighted by atomic mass is 19.4. The van der Waals surface area contributed by atoms with E-state index in [4.69, 9.17) is 0 Å². The van der Waals surface area contributed by atoms with Gasteiger partial charge in [-0.15, -0.1) is 0 Å². The van der Waals surface area contributed by atoms with Crippen molar-refractivity contribution in [2.75, 3.05) is 0 Å². The summed E-state index contributed by atoms with van der Waals surface area (Å²) in [4.78, 5) is 0. The lowest BCUT2D eigenvalue weighted by molar-refractivity contribution is -0.151. The molecule has 3 aromatic rings. The van der Waals surface area contributed by atoms with Crippen molar-refractivity contribution in [2.45, 2.75) is 43.7 Å². The number of alkyl halides is 17. The molecular formula is C34H3F26N3. The topological polar surface area (TPSA) is 71.4 Å². The van der Waals surface area contributed by atoms with Crippen molar-refractivity contribution in [3.8, 4) is 18.2 Å². The first kappa shape index (κ1) is 49.2. The van der Waals surface area contributed by atoms with Gasteiger partial charge in [0.15, 0.2) is 46.5 Å². The third-order valence-corrected chi connectivity index (χ3v) is 8.34. The van der Waals surface area contributed by atoms with Crippen molar-refractivity contribution in [3.05, 3.63) is 119 Å². The molecule has 0 aromatic heterocycles. The molecule has 3 aromatic carbocycles. The Bertz CT molecular complexity index is 2430. The van der Waals surface area contributed by atoms with E-state index in [1.807, 2.05) is 0 Å². The molecule has 0 amide bonds. The molecule has 0 aliphatic heterocycles. The van der Waals surface area contributed by atoms with Crippen LogP contribution in [0.1, 0.15) is 57.0 Å². The summed E-state index contributed by atoms with van der Waals surface area (Å²) in [5.74, 6) is -38.8. The van der Waals surface area contributed by atoms with Gasteiger partial charge in [0.2, 0.25) is 0 Å². The first-order chi connectivity index (χ1) is 28.3. The van der Waals surface area contributed by atoms with Crippen molar-refractivity contribution >= 4 is 16.7 Å². The molecule has 63 heavy (non-hydrogen) atoms. The number of benzene rings is 3. The van der Waals surface area contributed by atoms with Crippen LogP contribution in [-0.4, -0.2) is 0 Å². The van der Waals surface area contributed by atoms with Crippen LogP contribution in [0.5, 0.6) is 0 Å². The SMILES string of the molecule is CC(F)(F)c1c(F)c(F)c(C(C#N)=C2C(=C(C#N)c3c(F)c(F)c(C(F)(F)F)c(F)c3C(F)(F)F)C2=C(C#N)c2c(F)c(F)c(C(F)(F)F)c(F)c2C(F)(F)F)c(C(F)(F)F)c1F. The second-order valence-corrected chi connectivity index (χ2v) is 12.2. The summed E-state index contributed by atoms with van der Waals surface area (Å²) in [5.41, 5.74) is -48.0. The first-order valence-corrected chi connectivity index (χ1v) is 15.1. The van der Waals surface area contributed by atoms with E-state index < -0.39 is 180 Å². The number of rotatable bonds is 4. The summed E-state index contributed by atoms with van der Waals surface area (Å²) in [6, 6.07) is 0.798. The fourth-order valence-corrected chi connectivity index (χ4v) is 6.01. The minimum Gasteiger partial charge on any atom is -0.206 e. The van der Waals surface area contributed by atoms with Gasteiger partial charge in [0, 0.05) is 40.3 Å². The molecule has 1 saturated carbocycles. The number of halogens is 26. The van der Waals surface area contributed by atoms with E-state index >= 15 is 30.7 Å². The largest absolute Gasteiger partial charge is 0.422 e. The van der Waals surface area contributed by atoms with Crippen LogP contribution in [0.3, 0.4) is 0 Å². The molecule has 0 spiro atoms. The number of hydrogen-bond donors (Lipinski definition) is 0. The molecule has 0 unspecified atom stereocenters. The molecule has 1 aliphatic carbocycles. The van der Waals surface area contributed by atoms with E-state index in [0.29, 0.717) is 6.07 Å². The van der Waals surface area contributed by atoms with Gasteiger partial charge in [-0.2, -0.15) is 81.6 Å². The molecule has 1 fully saturated rings. The van der Waals surface area contributed by atoms with Gasteiger partial charge in [0.1, 0.15) is 51.8 Å². The zero-order chi connectivity index (χ0) is 49.0. The van der Waals surface area contributed by atoms with Crippen molar-refractivity contribution in [3.63, 3.8) is 0 Å². The fraction of sp³-hybridized carbons (Fsp3) is 0.206. The average Bonchev–Trinajstić information content (AvgIpc) is 3.78. The molecule has 336 valence electrons. The Labute approximate surface area is 328 Å². The molecule has 1 aliphatic rings. The summed E-state index contributed by atoms with van der Waals surface area (Å²) in [6.07, 6.45) is -33.9. The van der Waals surface area contributed by atoms with E-state index in [2.05, 4.69) is 0 Å². The highest BCUT2D eigenvalue weighted by Crippen LogP contribution is 2.60. The molecule has 4 rings (SSSR count). The predicted molar refractivity (Wildman–Crippen MR) is 151 cm³/mol. The molecule has 0 heterocycles. The van der Waals surface area contributed by atoms with Gasteiger partial charge in [-0.1, -0.05) is 0 Å². The summed E-state index contributed by atoms with van der Waals surface area (Å²) in [7, 11) is 0. The van der Waals surface area contributed by atoms with Gasteiger partial charge in [-0.05, 0) is 0 Å². The van der Waals surface area contributed by atoms with E-state index in [1.54, 1.807) is 0 Å². The van der Waals surface area contributed by atoms with Crippen molar-refractivity contribution in [2.24, 2.45) is 0 Å². The smallest absolute Gasteiger partial charge is 0.206 e. The highest BCUT2D eigenvalue weighted by Gasteiger charge is 2.55. The third kappa shape index (κ3) is 7.94. The van der Waals surface area contributed by atoms with Crippen LogP contribution in [0.15, 0.2) is 16.7 Å². The maximum absolute atomic E-state index is 15.6. The normalized spacial score (nSPS) is 15.5. The van der Waals surface area contributed by atoms with Gasteiger partial charge >= 0.3 is 30.9 Å². The van der Waals surface area contributed by atoms with Crippen molar-refractivity contribution in [1.29, 1.82) is 15.8 Å². The second-order valence-electron chi connectivity index (χ2n) is 12.2. The summed E-state index contributed by atoms with van der Waals surface area (Å²) in [5, 5.41) is 29.5. The Hall–Kier alpha value is -6.47. The monoisotopic (exact) mass is 947 g/mol. The Morgan fingerprint density at radius 3 is 0.667 bits per heavy atom. The lowest BCUT2D eigenvalue weighted by Gasteiger charge is -2.20. The molecule has 3 nitrogen and oxygen atoms in total. The Kier molecular flexibility index (Phi) is 11.8. The van der Waals surface area contributed by atoms with Gasteiger partial charge < -0.3 is 0 Å². The Morgan fingerprint density at radius 1 is 0.302 bits per heavy atom. The number of nitrogens with zero attached hydrogens (tertiary/aromatic N) is 3. The molecule has 0 bridgehead atoms. The minimum atomic E-state index is -6.90. The molecule has 0 radical (unpaired) electrons. The maximum atomic E-state index is 15.6. The average molecular weight is 947 g/mol. The fourth-order valence-electron chi connectivity index (χ4n) is 6.01. The predicted octanol–water partition coefficient (Wildman–Crippen LogP) is 13.4. The van der Waals surface area contributed by atoms with Crippen LogP contribution in [0.2, 0.25) is 0 Å². The quantitative estimate of drug-likeness (QED) is 0.149. The summed E-state index contributed by atoms with van der Waals surface area (Å²) >= 11 is 0. The first-order valence-electron chi connectivity index (χ1n) is 15.1. The standard InChI is InChI=1S/C34H3F26N3/c1-29(44,45)17-23(38)14(30(46,47)48)11(20(35)26(17)41)5(2-61)8-9(6(3-62)12-15(31(49,50)51)24(39)18(33(55,56)57)27(42)21(12)36)10(8)7(4-63)13-16(32(52,53)54)25(40)19(34(58,59)60)28(43)22(13)37/h1H3. The van der Waals surface area contributed by atoms with Crippen molar-refractivity contribution in [1.82, 2.24) is 0 Å². The molecular weight excluding hydrogens is 944 g/mol. The highest BCUT2D eigenvalue weighted by molar-refractivity contribution is 6.13. The van der Waals surface area contributed by atoms with Gasteiger partial charge in [0.05, 0.1) is 22.3 Å². The Morgan fingerprint density at radius 2 is 0.492 bits per heavy atom. The summed E-state index contributed by atoms with van der Waals surface area (Å²) < 4.78 is 374. The molecule has 0 N–H and O–H groups in total. The molecule has 0 saturated heterocycles. The summed E-state index contributed by atoms with van der Waals surface area (Å²) in [6.45, 7) is -0.595. The number of hydrogen-bond acceptors (Lipinski definition) is 3. The number of allylic oxidation sites excluding steroid dienone is 6. The van der Waals surface area contributed by atoms with Crippen LogP contribution in [0, 0.1) is 86.3 Å². The van der Waals surface area contributed by atoms with E-state index in [1.165, 1.54) is 0 Å². The zero-order valence-electron chi connectivity index (χ0n) is 28.7. The lowest BCUT2D eigenvalue weighted by atomic mass is 9.91. The Balaban J connectivity index is 2.59. The van der Waals surface area contributed by atoms with Crippen molar-refractivity contribution < 1.29 is 114 Å². The molecule has 0 atom stereocenters. The van der Waals surface area contributed by atoms with Gasteiger partial charge in [-0.3, -0.25) is 0 Å². The minimum absolute atomic E-state index is 0.251. The van der Waals surface area contributed by atoms with Crippen LogP contribution in [-0.2, 0) is 36.8 Å². The maximum Gasteiger partial charge on any atom is 0.422 e.